The third-order valence-corrected chi connectivity index (χ3v) is 3.35. The first-order valence-corrected chi connectivity index (χ1v) is 7.86. The van der Waals surface area contributed by atoms with Crippen LogP contribution in [0.25, 0.3) is 0 Å². The number of unbranched alkanes of at least 4 members (excludes halogenated alkanes) is 1. The summed E-state index contributed by atoms with van der Waals surface area (Å²) in [6, 6.07) is 7.63. The molecule has 5 nitrogen and oxygen atoms in total. The Kier molecular flexibility index (Phi) is 8.14. The van der Waals surface area contributed by atoms with E-state index in [1.54, 1.807) is 7.05 Å². The van der Waals surface area contributed by atoms with Gasteiger partial charge in [-0.25, -0.2) is 0 Å². The van der Waals surface area contributed by atoms with Gasteiger partial charge in [-0.05, 0) is 42.8 Å². The van der Waals surface area contributed by atoms with Crippen molar-refractivity contribution in [1.82, 2.24) is 10.6 Å². The second-order valence-corrected chi connectivity index (χ2v) is 5.38. The first-order chi connectivity index (χ1) is 10.5. The van der Waals surface area contributed by atoms with Crippen LogP contribution in [-0.2, 0) is 16.0 Å². The number of hydrogen-bond donors (Lipinski definition) is 3. The minimum Gasteiger partial charge on any atom is -0.359 e. The molecule has 2 amide bonds. The summed E-state index contributed by atoms with van der Waals surface area (Å²) in [5.74, 6) is -0.0419. The molecule has 22 heavy (non-hydrogen) atoms. The van der Waals surface area contributed by atoms with Crippen LogP contribution in [-0.4, -0.2) is 24.0 Å². The van der Waals surface area contributed by atoms with Crippen LogP contribution in [0.15, 0.2) is 24.3 Å². The maximum Gasteiger partial charge on any atom is 0.226 e. The van der Waals surface area contributed by atoms with Crippen LogP contribution < -0.4 is 16.0 Å². The van der Waals surface area contributed by atoms with E-state index in [-0.39, 0.29) is 11.8 Å². The van der Waals surface area contributed by atoms with Crippen molar-refractivity contribution in [2.45, 2.75) is 39.0 Å². The number of aryl methyl sites for hydroxylation is 1. The largest absolute Gasteiger partial charge is 0.359 e. The molecular weight excluding hydrogens is 298 g/mol. The van der Waals surface area contributed by atoms with Gasteiger partial charge in [0.05, 0.1) is 0 Å². The maximum atomic E-state index is 11.6. The molecule has 1 aromatic rings. The van der Waals surface area contributed by atoms with Crippen LogP contribution >= 0.6 is 12.2 Å². The first kappa shape index (κ1) is 18.1. The summed E-state index contributed by atoms with van der Waals surface area (Å²) >= 11 is 5.10. The number of amides is 2. The van der Waals surface area contributed by atoms with Gasteiger partial charge < -0.3 is 16.0 Å². The van der Waals surface area contributed by atoms with Gasteiger partial charge in [0.15, 0.2) is 5.11 Å². The molecule has 0 aromatic heterocycles. The highest BCUT2D eigenvalue weighted by Gasteiger charge is 2.04. The second kappa shape index (κ2) is 9.89. The molecule has 1 rings (SSSR count). The summed E-state index contributed by atoms with van der Waals surface area (Å²) in [4.78, 5) is 22.8. The predicted octanol–water partition coefficient (Wildman–Crippen LogP) is 2.37. The molecule has 0 spiro atoms. The van der Waals surface area contributed by atoms with Crippen molar-refractivity contribution in [2.24, 2.45) is 0 Å². The maximum absolute atomic E-state index is 11.6. The molecule has 6 heteroatoms. The molecule has 0 heterocycles. The Morgan fingerprint density at radius 1 is 1.09 bits per heavy atom. The average molecular weight is 321 g/mol. The Bertz CT molecular complexity index is 515. The van der Waals surface area contributed by atoms with Crippen molar-refractivity contribution in [3.05, 3.63) is 29.8 Å². The summed E-state index contributed by atoms with van der Waals surface area (Å²) in [5, 5.41) is 8.53. The van der Waals surface area contributed by atoms with Crippen LogP contribution in [0.2, 0.25) is 0 Å². The fourth-order valence-corrected chi connectivity index (χ4v) is 2.06. The number of rotatable bonds is 7. The van der Waals surface area contributed by atoms with Crippen LogP contribution in [0, 0.1) is 0 Å². The third kappa shape index (κ3) is 7.17. The van der Waals surface area contributed by atoms with Crippen molar-refractivity contribution < 1.29 is 9.59 Å². The van der Waals surface area contributed by atoms with Crippen molar-refractivity contribution in [2.75, 3.05) is 12.4 Å². The fraction of sp³-hybridized carbons (Fsp3) is 0.438. The predicted molar refractivity (Wildman–Crippen MR) is 92.7 cm³/mol. The lowest BCUT2D eigenvalue weighted by Gasteiger charge is -2.10. The zero-order valence-corrected chi connectivity index (χ0v) is 13.9. The number of thiocarbonyl (C=S) groups is 1. The highest BCUT2D eigenvalue weighted by molar-refractivity contribution is 7.80. The van der Waals surface area contributed by atoms with E-state index < -0.39 is 0 Å². The third-order valence-electron chi connectivity index (χ3n) is 3.14. The van der Waals surface area contributed by atoms with Gasteiger partial charge in [0.2, 0.25) is 11.8 Å². The van der Waals surface area contributed by atoms with E-state index >= 15 is 0 Å². The molecule has 3 N–H and O–H groups in total. The van der Waals surface area contributed by atoms with Crippen LogP contribution in [0.4, 0.5) is 5.69 Å². The number of anilines is 1. The zero-order valence-electron chi connectivity index (χ0n) is 13.1. The van der Waals surface area contributed by atoms with E-state index in [0.29, 0.717) is 24.4 Å². The molecule has 0 atom stereocenters. The van der Waals surface area contributed by atoms with Gasteiger partial charge in [-0.2, -0.15) is 0 Å². The van der Waals surface area contributed by atoms with Crippen LogP contribution in [0.1, 0.15) is 38.2 Å². The van der Waals surface area contributed by atoms with E-state index in [1.165, 1.54) is 0 Å². The Morgan fingerprint density at radius 3 is 2.36 bits per heavy atom. The molecule has 0 unspecified atom stereocenters. The normalized spacial score (nSPS) is 9.91. The Balaban J connectivity index is 2.41. The Morgan fingerprint density at radius 2 is 1.77 bits per heavy atom. The summed E-state index contributed by atoms with van der Waals surface area (Å²) in [6.07, 6.45) is 3.48. The quantitative estimate of drug-likeness (QED) is 0.674. The van der Waals surface area contributed by atoms with E-state index in [2.05, 4.69) is 16.0 Å². The highest BCUT2D eigenvalue weighted by atomic mass is 32.1. The lowest BCUT2D eigenvalue weighted by molar-refractivity contribution is -0.121. The Hall–Kier alpha value is -1.95. The first-order valence-electron chi connectivity index (χ1n) is 7.45. The topological polar surface area (TPSA) is 70.2 Å². The fourth-order valence-electron chi connectivity index (χ4n) is 1.83. The smallest absolute Gasteiger partial charge is 0.226 e. The van der Waals surface area contributed by atoms with Crippen molar-refractivity contribution in [3.63, 3.8) is 0 Å². The van der Waals surface area contributed by atoms with Gasteiger partial charge in [0.25, 0.3) is 0 Å². The molecule has 1 aromatic carbocycles. The minimum atomic E-state index is -0.0680. The van der Waals surface area contributed by atoms with E-state index in [1.807, 2.05) is 31.2 Å². The lowest BCUT2D eigenvalue weighted by atomic mass is 10.1. The van der Waals surface area contributed by atoms with E-state index in [4.69, 9.17) is 12.2 Å². The lowest BCUT2D eigenvalue weighted by Crippen LogP contribution is -2.33. The van der Waals surface area contributed by atoms with Gasteiger partial charge >= 0.3 is 0 Å². The molecule has 0 aliphatic heterocycles. The number of hydrogen-bond acceptors (Lipinski definition) is 3. The summed E-state index contributed by atoms with van der Waals surface area (Å²) in [7, 11) is 1.63. The zero-order chi connectivity index (χ0) is 16.4. The van der Waals surface area contributed by atoms with Crippen LogP contribution in [0.5, 0.6) is 0 Å². The molecular formula is C16H23N3O2S. The Labute approximate surface area is 136 Å². The summed E-state index contributed by atoms with van der Waals surface area (Å²) < 4.78 is 0. The summed E-state index contributed by atoms with van der Waals surface area (Å²) in [6.45, 7) is 2.04. The molecule has 0 saturated carbocycles. The SMILES string of the molecule is CCCCC(=O)NC(=S)Nc1ccc(CCC(=O)NC)cc1. The van der Waals surface area contributed by atoms with Gasteiger partial charge in [-0.3, -0.25) is 9.59 Å². The van der Waals surface area contributed by atoms with E-state index in [9.17, 15) is 9.59 Å². The monoisotopic (exact) mass is 321 g/mol. The van der Waals surface area contributed by atoms with Crippen molar-refractivity contribution in [3.8, 4) is 0 Å². The molecule has 0 fully saturated rings. The standard InChI is InChI=1S/C16H23N3O2S/c1-3-4-5-15(21)19-16(22)18-13-9-6-12(7-10-13)8-11-14(20)17-2/h6-7,9-10H,3-5,8,11H2,1-2H3,(H,17,20)(H2,18,19,21,22). The second-order valence-electron chi connectivity index (χ2n) is 4.98. The van der Waals surface area contributed by atoms with Gasteiger partial charge in [0.1, 0.15) is 0 Å². The van der Waals surface area contributed by atoms with Crippen molar-refractivity contribution >= 4 is 34.8 Å². The number of carbonyl (C=O) groups excluding carboxylic acids is 2. The number of carbonyl (C=O) groups is 2. The average Bonchev–Trinajstić information content (AvgIpc) is 2.51. The van der Waals surface area contributed by atoms with E-state index in [0.717, 1.165) is 24.1 Å². The molecule has 0 aliphatic carbocycles. The van der Waals surface area contributed by atoms with Gasteiger partial charge in [0, 0.05) is 25.6 Å². The minimum absolute atomic E-state index is 0.0261. The number of benzene rings is 1. The molecule has 0 radical (unpaired) electrons. The van der Waals surface area contributed by atoms with Crippen LogP contribution in [0.3, 0.4) is 0 Å². The molecule has 120 valence electrons. The van der Waals surface area contributed by atoms with Gasteiger partial charge in [-0.15, -0.1) is 0 Å². The van der Waals surface area contributed by atoms with Crippen molar-refractivity contribution in [1.29, 1.82) is 0 Å². The summed E-state index contributed by atoms with van der Waals surface area (Å²) in [5.41, 5.74) is 1.89. The molecule has 0 bridgehead atoms. The molecule has 0 aliphatic rings. The van der Waals surface area contributed by atoms with Gasteiger partial charge in [-0.1, -0.05) is 25.5 Å². The molecule has 0 saturated heterocycles. The number of nitrogens with one attached hydrogen (secondary N) is 3. The highest BCUT2D eigenvalue weighted by Crippen LogP contribution is 2.11.